The van der Waals surface area contributed by atoms with Gasteiger partial charge in [0.15, 0.2) is 0 Å². The van der Waals surface area contributed by atoms with Crippen molar-refractivity contribution in [1.82, 2.24) is 4.98 Å². The molecule has 1 aromatic heterocycles. The fraction of sp³-hybridized carbons (Fsp3) is 0.706. The summed E-state index contributed by atoms with van der Waals surface area (Å²) in [6, 6.07) is 6.29. The highest BCUT2D eigenvalue weighted by Crippen LogP contribution is 2.38. The maximum Gasteiger partial charge on any atom is 0.130 e. The highest BCUT2D eigenvalue weighted by atomic mass is 15.2. The second-order valence-electron chi connectivity index (χ2n) is 7.13. The molecule has 0 saturated carbocycles. The van der Waals surface area contributed by atoms with Gasteiger partial charge in [-0.3, -0.25) is 0 Å². The largest absolute Gasteiger partial charge is 0.365 e. The molecule has 1 aliphatic rings. The zero-order valence-corrected chi connectivity index (χ0v) is 13.7. The lowest BCUT2D eigenvalue weighted by atomic mass is 9.82. The zero-order chi connectivity index (χ0) is 14.8. The van der Waals surface area contributed by atoms with Gasteiger partial charge in [0.25, 0.3) is 0 Å². The second kappa shape index (κ2) is 5.63. The lowest BCUT2D eigenvalue weighted by Crippen LogP contribution is -2.28. The van der Waals surface area contributed by atoms with Gasteiger partial charge in [-0.2, -0.15) is 0 Å². The van der Waals surface area contributed by atoms with E-state index in [9.17, 15) is 0 Å². The van der Waals surface area contributed by atoms with Gasteiger partial charge in [0.1, 0.15) is 11.6 Å². The van der Waals surface area contributed by atoms with E-state index in [2.05, 4.69) is 63.0 Å². The van der Waals surface area contributed by atoms with E-state index in [4.69, 9.17) is 4.98 Å². The standard InChI is InChI=1S/C17H29N3/c1-6-17(7-2)11-12-20(13-17)15-10-8-9-14(18-15)19-16(3,4)5/h8-10H,6-7,11-13H2,1-5H3,(H,18,19). The Bertz CT molecular complexity index is 444. The van der Waals surface area contributed by atoms with E-state index in [1.54, 1.807) is 0 Å². The minimum atomic E-state index is 0.0488. The first kappa shape index (κ1) is 15.1. The highest BCUT2D eigenvalue weighted by Gasteiger charge is 2.35. The Kier molecular flexibility index (Phi) is 4.26. The predicted octanol–water partition coefficient (Wildman–Crippen LogP) is 4.31. The summed E-state index contributed by atoms with van der Waals surface area (Å²) in [4.78, 5) is 7.23. The molecule has 1 aliphatic heterocycles. The van der Waals surface area contributed by atoms with Gasteiger partial charge in [-0.25, -0.2) is 4.98 Å². The minimum absolute atomic E-state index is 0.0488. The van der Waals surface area contributed by atoms with Crippen LogP contribution in [-0.4, -0.2) is 23.6 Å². The number of hydrogen-bond acceptors (Lipinski definition) is 3. The van der Waals surface area contributed by atoms with Crippen molar-refractivity contribution in [2.75, 3.05) is 23.3 Å². The first-order valence-corrected chi connectivity index (χ1v) is 7.88. The monoisotopic (exact) mass is 275 g/mol. The molecule has 112 valence electrons. The number of pyridine rings is 1. The van der Waals surface area contributed by atoms with E-state index in [0.717, 1.165) is 24.7 Å². The number of rotatable bonds is 4. The van der Waals surface area contributed by atoms with Crippen molar-refractivity contribution in [1.29, 1.82) is 0 Å². The van der Waals surface area contributed by atoms with E-state index in [-0.39, 0.29) is 5.54 Å². The number of nitrogens with one attached hydrogen (secondary N) is 1. The van der Waals surface area contributed by atoms with Gasteiger partial charge in [0, 0.05) is 18.6 Å². The van der Waals surface area contributed by atoms with Gasteiger partial charge < -0.3 is 10.2 Å². The summed E-state index contributed by atoms with van der Waals surface area (Å²) in [6.07, 6.45) is 3.82. The third-order valence-corrected chi connectivity index (χ3v) is 4.50. The average Bonchev–Trinajstić information content (AvgIpc) is 2.82. The van der Waals surface area contributed by atoms with Crippen molar-refractivity contribution in [3.8, 4) is 0 Å². The third-order valence-electron chi connectivity index (χ3n) is 4.50. The fourth-order valence-corrected chi connectivity index (χ4v) is 3.01. The molecular formula is C17H29N3. The van der Waals surface area contributed by atoms with Crippen LogP contribution in [0.2, 0.25) is 0 Å². The SMILES string of the molecule is CCC1(CC)CCN(c2cccc(NC(C)(C)C)n2)C1. The first-order valence-electron chi connectivity index (χ1n) is 7.88. The summed E-state index contributed by atoms with van der Waals surface area (Å²) < 4.78 is 0. The predicted molar refractivity (Wildman–Crippen MR) is 87.5 cm³/mol. The molecule has 0 spiro atoms. The molecule has 1 saturated heterocycles. The smallest absolute Gasteiger partial charge is 0.130 e. The molecule has 0 bridgehead atoms. The summed E-state index contributed by atoms with van der Waals surface area (Å²) in [5.41, 5.74) is 0.544. The lowest BCUT2D eigenvalue weighted by Gasteiger charge is -2.27. The molecule has 1 N–H and O–H groups in total. The molecule has 0 aromatic carbocycles. The Balaban J connectivity index is 2.13. The summed E-state index contributed by atoms with van der Waals surface area (Å²) in [6.45, 7) is 13.4. The van der Waals surface area contributed by atoms with Gasteiger partial charge >= 0.3 is 0 Å². The number of nitrogens with zero attached hydrogens (tertiary/aromatic N) is 2. The van der Waals surface area contributed by atoms with E-state index < -0.39 is 0 Å². The van der Waals surface area contributed by atoms with Crippen LogP contribution in [0, 0.1) is 5.41 Å². The number of hydrogen-bond donors (Lipinski definition) is 1. The molecule has 3 nitrogen and oxygen atoms in total. The maximum atomic E-state index is 4.79. The summed E-state index contributed by atoms with van der Waals surface area (Å²) >= 11 is 0. The fourth-order valence-electron chi connectivity index (χ4n) is 3.01. The summed E-state index contributed by atoms with van der Waals surface area (Å²) in [7, 11) is 0. The van der Waals surface area contributed by atoms with Crippen LogP contribution in [0.15, 0.2) is 18.2 Å². The van der Waals surface area contributed by atoms with Crippen molar-refractivity contribution in [2.45, 2.75) is 59.4 Å². The van der Waals surface area contributed by atoms with Crippen LogP contribution in [-0.2, 0) is 0 Å². The summed E-state index contributed by atoms with van der Waals surface area (Å²) in [5.74, 6) is 2.09. The van der Waals surface area contributed by atoms with Crippen molar-refractivity contribution in [3.05, 3.63) is 18.2 Å². The van der Waals surface area contributed by atoms with Crippen LogP contribution in [0.1, 0.15) is 53.9 Å². The Hall–Kier alpha value is -1.25. The first-order chi connectivity index (χ1) is 9.37. The van der Waals surface area contributed by atoms with E-state index in [1.807, 2.05) is 0 Å². The van der Waals surface area contributed by atoms with Crippen LogP contribution < -0.4 is 10.2 Å². The van der Waals surface area contributed by atoms with Gasteiger partial charge in [-0.15, -0.1) is 0 Å². The Morgan fingerprint density at radius 2 is 1.95 bits per heavy atom. The molecule has 20 heavy (non-hydrogen) atoms. The molecular weight excluding hydrogens is 246 g/mol. The minimum Gasteiger partial charge on any atom is -0.365 e. The molecule has 1 aromatic rings. The second-order valence-corrected chi connectivity index (χ2v) is 7.13. The van der Waals surface area contributed by atoms with Crippen molar-refractivity contribution in [2.24, 2.45) is 5.41 Å². The van der Waals surface area contributed by atoms with Crippen LogP contribution in [0.5, 0.6) is 0 Å². The van der Waals surface area contributed by atoms with Crippen LogP contribution >= 0.6 is 0 Å². The van der Waals surface area contributed by atoms with E-state index in [1.165, 1.54) is 19.3 Å². The van der Waals surface area contributed by atoms with Crippen molar-refractivity contribution in [3.63, 3.8) is 0 Å². The van der Waals surface area contributed by atoms with Gasteiger partial charge in [0.2, 0.25) is 0 Å². The molecule has 2 rings (SSSR count). The molecule has 2 heterocycles. The quantitative estimate of drug-likeness (QED) is 0.887. The molecule has 0 unspecified atom stereocenters. The lowest BCUT2D eigenvalue weighted by molar-refractivity contribution is 0.301. The molecule has 3 heteroatoms. The normalized spacial score (nSPS) is 18.4. The summed E-state index contributed by atoms with van der Waals surface area (Å²) in [5, 5.41) is 3.46. The van der Waals surface area contributed by atoms with Gasteiger partial charge in [-0.1, -0.05) is 19.9 Å². The van der Waals surface area contributed by atoms with E-state index in [0.29, 0.717) is 5.41 Å². The van der Waals surface area contributed by atoms with Crippen LogP contribution in [0.25, 0.3) is 0 Å². The van der Waals surface area contributed by atoms with Crippen molar-refractivity contribution < 1.29 is 0 Å². The van der Waals surface area contributed by atoms with Crippen LogP contribution in [0.3, 0.4) is 0 Å². The number of anilines is 2. The maximum absolute atomic E-state index is 4.79. The number of aromatic nitrogens is 1. The van der Waals surface area contributed by atoms with Gasteiger partial charge in [-0.05, 0) is 57.6 Å². The molecule has 1 fully saturated rings. The molecule has 0 radical (unpaired) electrons. The van der Waals surface area contributed by atoms with Crippen molar-refractivity contribution >= 4 is 11.6 Å². The molecule has 0 amide bonds. The highest BCUT2D eigenvalue weighted by molar-refractivity contribution is 5.49. The average molecular weight is 275 g/mol. The Morgan fingerprint density at radius 3 is 2.50 bits per heavy atom. The molecule has 0 atom stereocenters. The zero-order valence-electron chi connectivity index (χ0n) is 13.7. The van der Waals surface area contributed by atoms with E-state index >= 15 is 0 Å². The Labute approximate surface area is 123 Å². The topological polar surface area (TPSA) is 28.2 Å². The van der Waals surface area contributed by atoms with Crippen LogP contribution in [0.4, 0.5) is 11.6 Å². The molecule has 0 aliphatic carbocycles. The Morgan fingerprint density at radius 1 is 1.25 bits per heavy atom. The third kappa shape index (κ3) is 3.44. The van der Waals surface area contributed by atoms with Gasteiger partial charge in [0.05, 0.1) is 0 Å².